The van der Waals surface area contributed by atoms with Gasteiger partial charge in [0.1, 0.15) is 18.1 Å². The number of nitrogens with one attached hydrogen (secondary N) is 1. The molecule has 1 aliphatic heterocycles. The van der Waals surface area contributed by atoms with E-state index in [0.717, 1.165) is 22.8 Å². The summed E-state index contributed by atoms with van der Waals surface area (Å²) in [6, 6.07) is 7.32. The Kier molecular flexibility index (Phi) is 5.89. The van der Waals surface area contributed by atoms with Crippen LogP contribution in [0.25, 0.3) is 16.8 Å². The minimum atomic E-state index is -0.515. The van der Waals surface area contributed by atoms with Crippen molar-refractivity contribution in [3.63, 3.8) is 0 Å². The molecule has 1 saturated heterocycles. The minimum Gasteiger partial charge on any atom is -0.370 e. The molecule has 0 spiro atoms. The predicted octanol–water partition coefficient (Wildman–Crippen LogP) is 3.55. The molecule has 0 bridgehead atoms. The van der Waals surface area contributed by atoms with E-state index in [9.17, 15) is 9.18 Å². The summed E-state index contributed by atoms with van der Waals surface area (Å²) < 4.78 is 21.6. The lowest BCUT2D eigenvalue weighted by atomic mass is 10.0. The first kappa shape index (κ1) is 21.9. The van der Waals surface area contributed by atoms with Gasteiger partial charge < -0.3 is 15.0 Å². The topological polar surface area (TPSA) is 97.5 Å². The van der Waals surface area contributed by atoms with E-state index in [1.54, 1.807) is 33.9 Å². The van der Waals surface area contributed by atoms with Crippen LogP contribution in [0, 0.1) is 5.82 Å². The van der Waals surface area contributed by atoms with E-state index in [0.29, 0.717) is 31.1 Å². The summed E-state index contributed by atoms with van der Waals surface area (Å²) in [5.74, 6) is 0.491. The van der Waals surface area contributed by atoms with Gasteiger partial charge in [0, 0.05) is 36.6 Å². The van der Waals surface area contributed by atoms with Crippen molar-refractivity contribution in [3.05, 3.63) is 66.0 Å². The van der Waals surface area contributed by atoms with Gasteiger partial charge in [0.15, 0.2) is 5.82 Å². The maximum atomic E-state index is 14.7. The SMILES string of the molecule is CC(C)c1cnn2ccc(-c3nc(Nc4ccc(CN5CCOCC5=O)cn4)ncc3F)cc12. The van der Waals surface area contributed by atoms with Crippen LogP contribution in [0.15, 0.2) is 49.1 Å². The van der Waals surface area contributed by atoms with Crippen molar-refractivity contribution in [2.75, 3.05) is 25.1 Å². The normalized spacial score (nSPS) is 14.2. The van der Waals surface area contributed by atoms with Crippen molar-refractivity contribution < 1.29 is 13.9 Å². The predicted molar refractivity (Wildman–Crippen MR) is 124 cm³/mol. The molecule has 0 aromatic carbocycles. The maximum absolute atomic E-state index is 14.7. The third-order valence-corrected chi connectivity index (χ3v) is 5.71. The highest BCUT2D eigenvalue weighted by atomic mass is 19.1. The van der Waals surface area contributed by atoms with Crippen LogP contribution in [0.5, 0.6) is 0 Å². The first-order valence-corrected chi connectivity index (χ1v) is 11.1. The lowest BCUT2D eigenvalue weighted by molar-refractivity contribution is -0.143. The molecule has 1 amide bonds. The molecule has 174 valence electrons. The van der Waals surface area contributed by atoms with Crippen LogP contribution in [-0.2, 0) is 16.1 Å². The number of nitrogens with zero attached hydrogens (tertiary/aromatic N) is 6. The van der Waals surface area contributed by atoms with Crippen LogP contribution >= 0.6 is 0 Å². The average Bonchev–Trinajstić information content (AvgIpc) is 3.27. The summed E-state index contributed by atoms with van der Waals surface area (Å²) in [6.45, 7) is 5.87. The van der Waals surface area contributed by atoms with E-state index in [1.807, 2.05) is 18.3 Å². The van der Waals surface area contributed by atoms with Gasteiger partial charge in [-0.1, -0.05) is 19.9 Å². The van der Waals surface area contributed by atoms with Gasteiger partial charge >= 0.3 is 0 Å². The number of amides is 1. The lowest BCUT2D eigenvalue weighted by Crippen LogP contribution is -2.40. The van der Waals surface area contributed by atoms with Gasteiger partial charge in [-0.3, -0.25) is 4.79 Å². The Balaban J connectivity index is 1.35. The third-order valence-electron chi connectivity index (χ3n) is 5.71. The second kappa shape index (κ2) is 9.14. The van der Waals surface area contributed by atoms with Crippen molar-refractivity contribution in [1.82, 2.24) is 29.5 Å². The van der Waals surface area contributed by atoms with Gasteiger partial charge in [0.2, 0.25) is 11.9 Å². The number of hydrogen-bond acceptors (Lipinski definition) is 7. The van der Waals surface area contributed by atoms with Crippen LogP contribution < -0.4 is 5.32 Å². The Morgan fingerprint density at radius 3 is 2.82 bits per heavy atom. The van der Waals surface area contributed by atoms with Crippen LogP contribution in [-0.4, -0.2) is 55.1 Å². The maximum Gasteiger partial charge on any atom is 0.248 e. The zero-order valence-corrected chi connectivity index (χ0v) is 18.9. The molecule has 0 saturated carbocycles. The van der Waals surface area contributed by atoms with E-state index in [-0.39, 0.29) is 30.1 Å². The highest BCUT2D eigenvalue weighted by molar-refractivity contribution is 5.78. The summed E-state index contributed by atoms with van der Waals surface area (Å²) in [6.07, 6.45) is 6.46. The van der Waals surface area contributed by atoms with Gasteiger partial charge in [-0.2, -0.15) is 5.10 Å². The third kappa shape index (κ3) is 4.44. The number of anilines is 2. The fraction of sp³-hybridized carbons (Fsp3) is 0.292. The second-order valence-electron chi connectivity index (χ2n) is 8.43. The Labute approximate surface area is 195 Å². The summed E-state index contributed by atoms with van der Waals surface area (Å²) in [4.78, 5) is 26.5. The van der Waals surface area contributed by atoms with Crippen molar-refractivity contribution >= 4 is 23.2 Å². The van der Waals surface area contributed by atoms with Crippen LogP contribution in [0.1, 0.15) is 30.9 Å². The fourth-order valence-corrected chi connectivity index (χ4v) is 3.87. The van der Waals surface area contributed by atoms with Gasteiger partial charge in [-0.05, 0) is 29.7 Å². The molecule has 4 aromatic rings. The van der Waals surface area contributed by atoms with Crippen molar-refractivity contribution in [3.8, 4) is 11.3 Å². The molecule has 0 radical (unpaired) electrons. The van der Waals surface area contributed by atoms with Gasteiger partial charge in [-0.15, -0.1) is 0 Å². The summed E-state index contributed by atoms with van der Waals surface area (Å²) in [5, 5.41) is 7.38. The van der Waals surface area contributed by atoms with Crippen LogP contribution in [0.3, 0.4) is 0 Å². The molecule has 9 nitrogen and oxygen atoms in total. The Morgan fingerprint density at radius 1 is 1.18 bits per heavy atom. The second-order valence-corrected chi connectivity index (χ2v) is 8.43. The van der Waals surface area contributed by atoms with Gasteiger partial charge in [-0.25, -0.2) is 23.9 Å². The van der Waals surface area contributed by atoms with Crippen molar-refractivity contribution in [2.45, 2.75) is 26.3 Å². The van der Waals surface area contributed by atoms with E-state index < -0.39 is 5.82 Å². The first-order valence-electron chi connectivity index (χ1n) is 11.1. The summed E-state index contributed by atoms with van der Waals surface area (Å²) >= 11 is 0. The zero-order chi connectivity index (χ0) is 23.7. The van der Waals surface area contributed by atoms with E-state index in [4.69, 9.17) is 4.74 Å². The number of carbonyl (C=O) groups is 1. The standard InChI is InChI=1S/C24H24FN7O2/c1-15(2)18-11-28-32-6-5-17(9-20(18)32)23-19(25)12-27-24(30-23)29-21-4-3-16(10-26-21)13-31-7-8-34-14-22(31)33/h3-6,9-12,15H,7-8,13-14H2,1-2H3,(H,26,27,29,30). The molecule has 34 heavy (non-hydrogen) atoms. The molecule has 0 aliphatic carbocycles. The number of hydrogen-bond donors (Lipinski definition) is 1. The van der Waals surface area contributed by atoms with Crippen molar-refractivity contribution in [2.24, 2.45) is 0 Å². The average molecular weight is 462 g/mol. The molecule has 4 aromatic heterocycles. The minimum absolute atomic E-state index is 0.0321. The lowest BCUT2D eigenvalue weighted by Gasteiger charge is -2.26. The number of aromatic nitrogens is 5. The van der Waals surface area contributed by atoms with Crippen LogP contribution in [0.2, 0.25) is 0 Å². The highest BCUT2D eigenvalue weighted by Crippen LogP contribution is 2.27. The van der Waals surface area contributed by atoms with E-state index in [1.165, 1.54) is 0 Å². The molecule has 0 unspecified atom stereocenters. The number of carbonyl (C=O) groups excluding carboxylic acids is 1. The van der Waals surface area contributed by atoms with Gasteiger partial charge in [0.25, 0.3) is 0 Å². The zero-order valence-electron chi connectivity index (χ0n) is 18.9. The number of rotatable bonds is 6. The number of fused-ring (bicyclic) bond motifs is 1. The molecule has 1 N–H and O–H groups in total. The molecular weight excluding hydrogens is 437 g/mol. The smallest absolute Gasteiger partial charge is 0.248 e. The Bertz CT molecular complexity index is 1340. The number of morpholine rings is 1. The molecule has 5 heterocycles. The number of halogens is 1. The fourth-order valence-electron chi connectivity index (χ4n) is 3.87. The monoisotopic (exact) mass is 461 g/mol. The summed E-state index contributed by atoms with van der Waals surface area (Å²) in [7, 11) is 0. The molecule has 5 rings (SSSR count). The molecule has 1 aliphatic rings. The highest BCUT2D eigenvalue weighted by Gasteiger charge is 2.19. The van der Waals surface area contributed by atoms with E-state index >= 15 is 0 Å². The molecule has 0 atom stereocenters. The first-order chi connectivity index (χ1) is 16.5. The largest absolute Gasteiger partial charge is 0.370 e. The number of ether oxygens (including phenoxy) is 1. The Morgan fingerprint density at radius 2 is 2.06 bits per heavy atom. The Hall–Kier alpha value is -3.92. The quantitative estimate of drug-likeness (QED) is 0.469. The van der Waals surface area contributed by atoms with Crippen LogP contribution in [0.4, 0.5) is 16.2 Å². The summed E-state index contributed by atoms with van der Waals surface area (Å²) in [5.41, 5.74) is 3.72. The molecule has 1 fully saturated rings. The van der Waals surface area contributed by atoms with Gasteiger partial charge in [0.05, 0.1) is 24.5 Å². The van der Waals surface area contributed by atoms with E-state index in [2.05, 4.69) is 39.2 Å². The molecular formula is C24H24FN7O2. The molecule has 10 heteroatoms. The van der Waals surface area contributed by atoms with Crippen molar-refractivity contribution in [1.29, 1.82) is 0 Å². The number of pyridine rings is 2.